The van der Waals surface area contributed by atoms with E-state index in [4.69, 9.17) is 11.6 Å². The minimum absolute atomic E-state index is 0.0168. The number of amides is 1. The molecule has 1 aliphatic rings. The van der Waals surface area contributed by atoms with Crippen LogP contribution in [-0.2, 0) is 9.84 Å². The van der Waals surface area contributed by atoms with Gasteiger partial charge in [0.15, 0.2) is 9.84 Å². The molecule has 0 saturated carbocycles. The summed E-state index contributed by atoms with van der Waals surface area (Å²) in [6.07, 6.45) is 8.86. The Morgan fingerprint density at radius 3 is 2.73 bits per heavy atom. The molecule has 1 N–H and O–H groups in total. The Balaban J connectivity index is 1.99. The maximum atomic E-state index is 12.1. The zero-order chi connectivity index (χ0) is 16.2. The summed E-state index contributed by atoms with van der Waals surface area (Å²) in [7, 11) is -3.45. The van der Waals surface area contributed by atoms with Crippen molar-refractivity contribution in [2.45, 2.75) is 37.0 Å². The Morgan fingerprint density at radius 2 is 2.09 bits per heavy atom. The number of hydrogen-bond donors (Lipinski definition) is 1. The van der Waals surface area contributed by atoms with Gasteiger partial charge in [0.25, 0.3) is 5.91 Å². The second kappa shape index (κ2) is 7.29. The van der Waals surface area contributed by atoms with Crippen molar-refractivity contribution in [3.8, 4) is 0 Å². The van der Waals surface area contributed by atoms with Crippen molar-refractivity contribution < 1.29 is 13.2 Å². The topological polar surface area (TPSA) is 63.2 Å². The van der Waals surface area contributed by atoms with Crippen molar-refractivity contribution in [3.05, 3.63) is 40.4 Å². The molecular weight excluding hydrogens is 322 g/mol. The number of halogens is 1. The van der Waals surface area contributed by atoms with Gasteiger partial charge in [-0.3, -0.25) is 4.79 Å². The van der Waals surface area contributed by atoms with Crippen molar-refractivity contribution in [2.75, 3.05) is 12.8 Å². The number of nitrogens with one attached hydrogen (secondary N) is 1. The quantitative estimate of drug-likeness (QED) is 0.835. The fourth-order valence-corrected chi connectivity index (χ4v) is 3.80. The van der Waals surface area contributed by atoms with Gasteiger partial charge in [-0.15, -0.1) is 0 Å². The molecule has 1 aliphatic carbocycles. The molecule has 22 heavy (non-hydrogen) atoms. The Morgan fingerprint density at radius 1 is 1.32 bits per heavy atom. The summed E-state index contributed by atoms with van der Waals surface area (Å²) in [5, 5.41) is 2.96. The molecule has 0 saturated heterocycles. The first-order chi connectivity index (χ1) is 10.4. The fourth-order valence-electron chi connectivity index (χ4n) is 2.50. The van der Waals surface area contributed by atoms with Crippen LogP contribution in [-0.4, -0.2) is 27.1 Å². The normalized spacial score (nSPS) is 15.3. The Labute approximate surface area is 136 Å². The highest BCUT2D eigenvalue weighted by Gasteiger charge is 2.15. The fraction of sp³-hybridized carbons (Fsp3) is 0.438. The number of sulfone groups is 1. The SMILES string of the molecule is CS(=O)(=O)c1cc(C(=O)NCCC2=CCCCC2)ccc1Cl. The van der Waals surface area contributed by atoms with Gasteiger partial charge < -0.3 is 5.32 Å². The third-order valence-electron chi connectivity index (χ3n) is 3.71. The van der Waals surface area contributed by atoms with Crippen LogP contribution in [0.1, 0.15) is 42.5 Å². The van der Waals surface area contributed by atoms with E-state index in [0.29, 0.717) is 12.1 Å². The molecule has 6 heteroatoms. The third kappa shape index (κ3) is 4.58. The number of carbonyl (C=O) groups excluding carboxylic acids is 1. The van der Waals surface area contributed by atoms with Gasteiger partial charge in [0.1, 0.15) is 0 Å². The molecular formula is C16H20ClNO3S. The molecule has 0 fully saturated rings. The molecule has 1 amide bonds. The van der Waals surface area contributed by atoms with Gasteiger partial charge in [-0.2, -0.15) is 0 Å². The van der Waals surface area contributed by atoms with Crippen molar-refractivity contribution in [1.29, 1.82) is 0 Å². The minimum atomic E-state index is -3.45. The standard InChI is InChI=1S/C16H20ClNO3S/c1-22(20,21)15-11-13(7-8-14(15)17)16(19)18-10-9-12-5-3-2-4-6-12/h5,7-8,11H,2-4,6,9-10H2,1H3,(H,18,19). The average Bonchev–Trinajstić information content (AvgIpc) is 2.47. The highest BCUT2D eigenvalue weighted by molar-refractivity contribution is 7.90. The Kier molecular flexibility index (Phi) is 5.64. The van der Waals surface area contributed by atoms with Gasteiger partial charge in [0.2, 0.25) is 0 Å². The highest BCUT2D eigenvalue weighted by atomic mass is 35.5. The summed E-state index contributed by atoms with van der Waals surface area (Å²) in [5.74, 6) is -0.280. The minimum Gasteiger partial charge on any atom is -0.352 e. The molecule has 0 aromatic heterocycles. The lowest BCUT2D eigenvalue weighted by Gasteiger charge is -2.13. The van der Waals surface area contributed by atoms with Gasteiger partial charge in [-0.05, 0) is 50.3 Å². The van der Waals surface area contributed by atoms with Gasteiger partial charge in [0, 0.05) is 18.4 Å². The predicted molar refractivity (Wildman–Crippen MR) is 88.1 cm³/mol. The number of hydrogen-bond acceptors (Lipinski definition) is 3. The zero-order valence-corrected chi connectivity index (χ0v) is 14.1. The highest BCUT2D eigenvalue weighted by Crippen LogP contribution is 2.23. The van der Waals surface area contributed by atoms with E-state index in [1.165, 1.54) is 36.6 Å². The second-order valence-corrected chi connectivity index (χ2v) is 7.92. The number of carbonyl (C=O) groups is 1. The molecule has 0 bridgehead atoms. The van der Waals surface area contributed by atoms with Crippen LogP contribution in [0.5, 0.6) is 0 Å². The number of rotatable bonds is 5. The van der Waals surface area contributed by atoms with Gasteiger partial charge in [-0.25, -0.2) is 8.42 Å². The monoisotopic (exact) mass is 341 g/mol. The molecule has 120 valence electrons. The molecule has 2 rings (SSSR count). The lowest BCUT2D eigenvalue weighted by molar-refractivity contribution is 0.0954. The van der Waals surface area contributed by atoms with Crippen molar-refractivity contribution >= 4 is 27.3 Å². The summed E-state index contributed by atoms with van der Waals surface area (Å²) in [6, 6.07) is 4.30. The Bertz CT molecular complexity index is 695. The molecule has 0 atom stereocenters. The molecule has 1 aromatic carbocycles. The van der Waals surface area contributed by atoms with Crippen LogP contribution in [0, 0.1) is 0 Å². The molecule has 0 heterocycles. The summed E-state index contributed by atoms with van der Waals surface area (Å²) < 4.78 is 23.3. The predicted octanol–water partition coefficient (Wildman–Crippen LogP) is 3.36. The van der Waals surface area contributed by atoms with E-state index in [9.17, 15) is 13.2 Å². The van der Waals surface area contributed by atoms with Crippen molar-refractivity contribution in [3.63, 3.8) is 0 Å². The van der Waals surface area contributed by atoms with Crippen molar-refractivity contribution in [2.24, 2.45) is 0 Å². The molecule has 1 aromatic rings. The van der Waals surface area contributed by atoms with E-state index < -0.39 is 9.84 Å². The second-order valence-electron chi connectivity index (χ2n) is 5.53. The lowest BCUT2D eigenvalue weighted by atomic mass is 9.97. The molecule has 0 aliphatic heterocycles. The number of allylic oxidation sites excluding steroid dienone is 1. The van der Waals surface area contributed by atoms with Crippen molar-refractivity contribution in [1.82, 2.24) is 5.32 Å². The molecule has 0 radical (unpaired) electrons. The third-order valence-corrected chi connectivity index (χ3v) is 5.29. The van der Waals surface area contributed by atoms with Crippen LogP contribution < -0.4 is 5.32 Å². The number of benzene rings is 1. The van der Waals surface area contributed by atoms with Gasteiger partial charge in [-0.1, -0.05) is 23.3 Å². The molecule has 4 nitrogen and oxygen atoms in total. The van der Waals surface area contributed by atoms with Crippen LogP contribution in [0.3, 0.4) is 0 Å². The van der Waals surface area contributed by atoms with E-state index in [1.54, 1.807) is 0 Å². The summed E-state index contributed by atoms with van der Waals surface area (Å²) in [5.41, 5.74) is 1.70. The van der Waals surface area contributed by atoms with E-state index in [-0.39, 0.29) is 15.8 Å². The van der Waals surface area contributed by atoms with E-state index in [2.05, 4.69) is 11.4 Å². The van der Waals surface area contributed by atoms with E-state index >= 15 is 0 Å². The maximum Gasteiger partial charge on any atom is 0.251 e. The van der Waals surface area contributed by atoms with Gasteiger partial charge in [0.05, 0.1) is 9.92 Å². The van der Waals surface area contributed by atoms with E-state index in [0.717, 1.165) is 25.5 Å². The molecule has 0 spiro atoms. The first kappa shape index (κ1) is 17.0. The zero-order valence-electron chi connectivity index (χ0n) is 12.6. The Hall–Kier alpha value is -1.33. The largest absolute Gasteiger partial charge is 0.352 e. The van der Waals surface area contributed by atoms with Gasteiger partial charge >= 0.3 is 0 Å². The van der Waals surface area contributed by atoms with Crippen LogP contribution in [0.2, 0.25) is 5.02 Å². The first-order valence-corrected chi connectivity index (χ1v) is 9.60. The van der Waals surface area contributed by atoms with Crippen LogP contribution >= 0.6 is 11.6 Å². The van der Waals surface area contributed by atoms with Crippen LogP contribution in [0.15, 0.2) is 34.7 Å². The summed E-state index contributed by atoms with van der Waals surface area (Å²) >= 11 is 5.87. The molecule has 0 unspecified atom stereocenters. The first-order valence-electron chi connectivity index (χ1n) is 7.33. The smallest absolute Gasteiger partial charge is 0.251 e. The summed E-state index contributed by atoms with van der Waals surface area (Å²) in [6.45, 7) is 0.557. The van der Waals surface area contributed by atoms with Crippen LogP contribution in [0.4, 0.5) is 0 Å². The maximum absolute atomic E-state index is 12.1. The van der Waals surface area contributed by atoms with E-state index in [1.807, 2.05) is 0 Å². The summed E-state index contributed by atoms with van der Waals surface area (Å²) in [4.78, 5) is 12.1. The average molecular weight is 342 g/mol. The lowest BCUT2D eigenvalue weighted by Crippen LogP contribution is -2.25. The van der Waals surface area contributed by atoms with Crippen LogP contribution in [0.25, 0.3) is 0 Å².